The van der Waals surface area contributed by atoms with Crippen LogP contribution in [-0.4, -0.2) is 19.3 Å². The van der Waals surface area contributed by atoms with Crippen molar-refractivity contribution in [2.75, 3.05) is 0 Å². The summed E-state index contributed by atoms with van der Waals surface area (Å²) in [6, 6.07) is 32.0. The lowest BCUT2D eigenvalue weighted by Gasteiger charge is -2.31. The first-order chi connectivity index (χ1) is 23.8. The van der Waals surface area contributed by atoms with Crippen LogP contribution in [0.4, 0.5) is 0 Å². The molecule has 0 N–H and O–H groups in total. The average molecular weight is 661 g/mol. The average Bonchev–Trinajstić information content (AvgIpc) is 3.67. The Morgan fingerprint density at radius 3 is 2.12 bits per heavy atom. The number of benzene rings is 4. The largest absolute Gasteiger partial charge is 0.457 e. The van der Waals surface area contributed by atoms with Gasteiger partial charge < -0.3 is 4.74 Å². The smallest absolute Gasteiger partial charge is 0.137 e. The Labute approximate surface area is 296 Å². The zero-order valence-electron chi connectivity index (χ0n) is 30.9. The van der Waals surface area contributed by atoms with Gasteiger partial charge in [-0.15, -0.1) is 0 Å². The molecule has 0 aliphatic carbocycles. The van der Waals surface area contributed by atoms with Gasteiger partial charge in [-0.25, -0.2) is 9.67 Å². The summed E-state index contributed by atoms with van der Waals surface area (Å²) in [5, 5.41) is 7.25. The topological polar surface area (TPSA) is 44.9 Å². The molecule has 50 heavy (non-hydrogen) atoms. The van der Waals surface area contributed by atoms with E-state index in [1.54, 1.807) is 0 Å². The van der Waals surface area contributed by atoms with Gasteiger partial charge in [-0.3, -0.25) is 4.57 Å². The third-order valence-electron chi connectivity index (χ3n) is 9.42. The van der Waals surface area contributed by atoms with Crippen LogP contribution >= 0.6 is 0 Å². The van der Waals surface area contributed by atoms with Gasteiger partial charge in [0.05, 0.1) is 22.9 Å². The van der Waals surface area contributed by atoms with Crippen LogP contribution in [0.1, 0.15) is 77.6 Å². The van der Waals surface area contributed by atoms with E-state index in [9.17, 15) is 0 Å². The van der Waals surface area contributed by atoms with E-state index >= 15 is 0 Å². The maximum absolute atomic E-state index is 6.55. The molecule has 7 rings (SSSR count). The molecule has 0 radical (unpaired) electrons. The summed E-state index contributed by atoms with van der Waals surface area (Å²) in [5.41, 5.74) is 10.8. The number of pyridine rings is 1. The summed E-state index contributed by atoms with van der Waals surface area (Å²) < 4.78 is 10.7. The molecule has 0 bridgehead atoms. The zero-order valence-corrected chi connectivity index (χ0v) is 30.9. The number of rotatable bonds is 7. The van der Waals surface area contributed by atoms with Crippen LogP contribution in [0.15, 0.2) is 110 Å². The van der Waals surface area contributed by atoms with Gasteiger partial charge in [-0.05, 0) is 100 Å². The van der Waals surface area contributed by atoms with Crippen LogP contribution in [-0.2, 0) is 17.3 Å². The first kappa shape index (κ1) is 33.3. The standard InChI is InChI=1S/C45H48N4O/c1-29(2)21-31-23-38(44(4,5)6)43(39(24-31)45(7,8)9)32-27-47-48(28-32)33-13-12-14-34(25-33)50-35-17-18-37-36-15-10-11-16-40(36)49(41(37)26-35)42-22-30(3)19-20-46-42/h10-20,22-29H,21H2,1-9H3. The third-order valence-corrected chi connectivity index (χ3v) is 9.42. The Kier molecular flexibility index (Phi) is 8.42. The molecule has 4 aromatic carbocycles. The Hall–Kier alpha value is -5.16. The molecule has 0 aliphatic heterocycles. The molecule has 0 atom stereocenters. The van der Waals surface area contributed by atoms with E-state index < -0.39 is 0 Å². The molecule has 254 valence electrons. The van der Waals surface area contributed by atoms with Crippen LogP contribution in [0.3, 0.4) is 0 Å². The third kappa shape index (κ3) is 6.45. The number of ether oxygens (including phenoxy) is 1. The summed E-state index contributed by atoms with van der Waals surface area (Å²) in [5.74, 6) is 3.00. The van der Waals surface area contributed by atoms with Crippen molar-refractivity contribution in [3.05, 3.63) is 132 Å². The van der Waals surface area contributed by atoms with Crippen LogP contribution in [0, 0.1) is 12.8 Å². The lowest BCUT2D eigenvalue weighted by Crippen LogP contribution is -2.20. The highest BCUT2D eigenvalue weighted by Gasteiger charge is 2.28. The van der Waals surface area contributed by atoms with E-state index in [-0.39, 0.29) is 10.8 Å². The van der Waals surface area contributed by atoms with Crippen molar-refractivity contribution in [3.63, 3.8) is 0 Å². The number of fused-ring (bicyclic) bond motifs is 3. The van der Waals surface area contributed by atoms with Crippen molar-refractivity contribution in [2.24, 2.45) is 5.92 Å². The minimum atomic E-state index is -0.0274. The lowest BCUT2D eigenvalue weighted by molar-refractivity contribution is 0.483. The first-order valence-electron chi connectivity index (χ1n) is 17.7. The maximum Gasteiger partial charge on any atom is 0.137 e. The van der Waals surface area contributed by atoms with E-state index in [0.717, 1.165) is 51.4 Å². The zero-order chi connectivity index (χ0) is 35.4. The molecule has 0 amide bonds. The molecule has 0 saturated carbocycles. The summed E-state index contributed by atoms with van der Waals surface area (Å²) in [6.45, 7) is 20.6. The first-order valence-corrected chi connectivity index (χ1v) is 17.7. The van der Waals surface area contributed by atoms with Crippen molar-refractivity contribution in [3.8, 4) is 34.1 Å². The van der Waals surface area contributed by atoms with E-state index in [0.29, 0.717) is 5.92 Å². The highest BCUT2D eigenvalue weighted by molar-refractivity contribution is 6.09. The molecule has 5 heteroatoms. The number of hydrogen-bond acceptors (Lipinski definition) is 3. The van der Waals surface area contributed by atoms with Crippen molar-refractivity contribution in [1.29, 1.82) is 0 Å². The number of nitrogens with zero attached hydrogens (tertiary/aromatic N) is 4. The van der Waals surface area contributed by atoms with Gasteiger partial charge in [0.25, 0.3) is 0 Å². The second-order valence-corrected chi connectivity index (χ2v) is 16.2. The number of aromatic nitrogens is 4. The molecule has 0 aliphatic rings. The molecular weight excluding hydrogens is 613 g/mol. The summed E-state index contributed by atoms with van der Waals surface area (Å²) in [4.78, 5) is 4.73. The van der Waals surface area contributed by atoms with Crippen molar-refractivity contribution in [2.45, 2.75) is 79.6 Å². The van der Waals surface area contributed by atoms with Gasteiger partial charge in [-0.1, -0.05) is 91.8 Å². The summed E-state index contributed by atoms with van der Waals surface area (Å²) in [7, 11) is 0. The van der Waals surface area contributed by atoms with E-state index in [2.05, 4.69) is 140 Å². The quantitative estimate of drug-likeness (QED) is 0.171. The van der Waals surface area contributed by atoms with Crippen molar-refractivity contribution >= 4 is 21.8 Å². The molecule has 0 spiro atoms. The molecule has 3 aromatic heterocycles. The van der Waals surface area contributed by atoms with Crippen LogP contribution < -0.4 is 4.74 Å². The summed E-state index contributed by atoms with van der Waals surface area (Å²) in [6.07, 6.45) is 7.12. The van der Waals surface area contributed by atoms with Gasteiger partial charge in [-0.2, -0.15) is 5.10 Å². The molecule has 0 saturated heterocycles. The Bertz CT molecular complexity index is 2310. The number of para-hydroxylation sites is 1. The van der Waals surface area contributed by atoms with Gasteiger partial charge in [0.1, 0.15) is 17.3 Å². The minimum Gasteiger partial charge on any atom is -0.457 e. The molecule has 5 nitrogen and oxygen atoms in total. The lowest BCUT2D eigenvalue weighted by atomic mass is 9.73. The van der Waals surface area contributed by atoms with E-state index in [1.807, 2.05) is 41.3 Å². The number of hydrogen-bond donors (Lipinski definition) is 0. The molecule has 3 heterocycles. The highest BCUT2D eigenvalue weighted by Crippen LogP contribution is 2.42. The molecule has 0 unspecified atom stereocenters. The molecular formula is C45H48N4O. The van der Waals surface area contributed by atoms with E-state index in [4.69, 9.17) is 14.8 Å². The SMILES string of the molecule is Cc1ccnc(-n2c3ccccc3c3ccc(Oc4cccc(-n5cc(-c6c(C(C)(C)C)cc(CC(C)C)cc6C(C)(C)C)cn5)c4)cc32)c1. The van der Waals surface area contributed by atoms with Crippen LogP contribution in [0.5, 0.6) is 11.5 Å². The highest BCUT2D eigenvalue weighted by atomic mass is 16.5. The van der Waals surface area contributed by atoms with Crippen LogP contribution in [0.2, 0.25) is 0 Å². The summed E-state index contributed by atoms with van der Waals surface area (Å²) >= 11 is 0. The Morgan fingerprint density at radius 1 is 0.720 bits per heavy atom. The fourth-order valence-electron chi connectivity index (χ4n) is 7.11. The van der Waals surface area contributed by atoms with Gasteiger partial charge in [0, 0.05) is 40.9 Å². The maximum atomic E-state index is 6.55. The second-order valence-electron chi connectivity index (χ2n) is 16.2. The molecule has 7 aromatic rings. The second kappa shape index (κ2) is 12.6. The predicted molar refractivity (Wildman–Crippen MR) is 208 cm³/mol. The van der Waals surface area contributed by atoms with Gasteiger partial charge in [0.2, 0.25) is 0 Å². The minimum absolute atomic E-state index is 0.0274. The van der Waals surface area contributed by atoms with Crippen molar-refractivity contribution in [1.82, 2.24) is 19.3 Å². The van der Waals surface area contributed by atoms with Gasteiger partial charge >= 0.3 is 0 Å². The fraction of sp³-hybridized carbons (Fsp3) is 0.289. The van der Waals surface area contributed by atoms with E-state index in [1.165, 1.54) is 33.2 Å². The monoisotopic (exact) mass is 660 g/mol. The Balaban J connectivity index is 1.26. The Morgan fingerprint density at radius 2 is 1.42 bits per heavy atom. The molecule has 0 fully saturated rings. The predicted octanol–water partition coefficient (Wildman–Crippen LogP) is 11.9. The van der Waals surface area contributed by atoms with Crippen molar-refractivity contribution < 1.29 is 4.74 Å². The van der Waals surface area contributed by atoms with Gasteiger partial charge in [0.15, 0.2) is 0 Å². The normalized spacial score (nSPS) is 12.4. The fourth-order valence-corrected chi connectivity index (χ4v) is 7.11. The number of aryl methyl sites for hydroxylation is 1. The van der Waals surface area contributed by atoms with Crippen LogP contribution in [0.25, 0.3) is 44.4 Å².